The van der Waals surface area contributed by atoms with E-state index in [9.17, 15) is 0 Å². The van der Waals surface area contributed by atoms with Gasteiger partial charge >= 0.3 is 0 Å². The Morgan fingerprint density at radius 1 is 0.529 bits per heavy atom. The van der Waals surface area contributed by atoms with Gasteiger partial charge in [0.15, 0.2) is 0 Å². The summed E-state index contributed by atoms with van der Waals surface area (Å²) in [5.41, 5.74) is 2.66. The summed E-state index contributed by atoms with van der Waals surface area (Å²) >= 11 is 0. The number of rotatable bonds is 0. The van der Waals surface area contributed by atoms with Gasteiger partial charge in [-0.3, -0.25) is 4.70 Å². The Labute approximate surface area is 91.7 Å². The van der Waals surface area contributed by atoms with E-state index < -0.39 is 0 Å². The van der Waals surface area contributed by atoms with Crippen LogP contribution in [0.4, 0.5) is 41.3 Å². The van der Waals surface area contributed by atoms with E-state index in [2.05, 4.69) is 38.1 Å². The van der Waals surface area contributed by atoms with E-state index in [1.165, 1.54) is 11.1 Å². The van der Waals surface area contributed by atoms with Crippen molar-refractivity contribution < 1.29 is 41.3 Å². The fourth-order valence-electron chi connectivity index (χ4n) is 0.637. The van der Waals surface area contributed by atoms with Gasteiger partial charge in [0, 0.05) is 36.6 Å². The first-order chi connectivity index (χ1) is 7.79. The molecule has 1 aromatic carbocycles. The molecule has 0 atom stereocenters. The summed E-state index contributed by atoms with van der Waals surface area (Å²) in [6.07, 6.45) is 0. The molecular formula is C8H11F9. The summed E-state index contributed by atoms with van der Waals surface area (Å²) in [4.78, 5) is 0. The van der Waals surface area contributed by atoms with Crippen molar-refractivity contribution in [3.63, 3.8) is 0 Å². The normalized spacial score (nSPS) is 5.76. The van der Waals surface area contributed by atoms with Crippen LogP contribution in [0.2, 0.25) is 0 Å². The second-order valence-electron chi connectivity index (χ2n) is 2.15. The van der Waals surface area contributed by atoms with Crippen LogP contribution in [0.1, 0.15) is 11.1 Å². The lowest BCUT2D eigenvalue weighted by Crippen LogP contribution is -1.70. The Kier molecular flexibility index (Phi) is 63.6. The number of hydrogen-bond acceptors (Lipinski definition) is 0. The topological polar surface area (TPSA) is 0 Å². The van der Waals surface area contributed by atoms with Crippen LogP contribution in [-0.2, 0) is 0 Å². The lowest BCUT2D eigenvalue weighted by atomic mass is 10.2. The molecule has 0 aliphatic carbocycles. The van der Waals surface area contributed by atoms with Crippen LogP contribution in [0.3, 0.4) is 0 Å². The van der Waals surface area contributed by atoms with Crippen molar-refractivity contribution in [2.75, 3.05) is 0 Å². The highest BCUT2D eigenvalue weighted by Gasteiger charge is 1.79. The molecule has 0 fully saturated rings. The average molecular weight is 278 g/mol. The zero-order valence-electron chi connectivity index (χ0n) is 8.74. The lowest BCUT2D eigenvalue weighted by molar-refractivity contribution is 0.108. The summed E-state index contributed by atoms with van der Waals surface area (Å²) in [5.74, 6) is 0. The molecule has 0 saturated heterocycles. The third-order valence-electron chi connectivity index (χ3n) is 1.22. The van der Waals surface area contributed by atoms with E-state index in [0.717, 1.165) is 0 Å². The Hall–Kier alpha value is -1.41. The van der Waals surface area contributed by atoms with E-state index in [-0.39, 0.29) is 4.70 Å². The molecule has 0 bridgehead atoms. The minimum absolute atomic E-state index is 0. The molecule has 0 aliphatic heterocycles. The zero-order valence-corrected chi connectivity index (χ0v) is 8.74. The number of halogens is 9. The summed E-state index contributed by atoms with van der Waals surface area (Å²) in [5, 5.41) is 0. The first-order valence-corrected chi connectivity index (χ1v) is 3.39. The molecule has 9 heteroatoms. The van der Waals surface area contributed by atoms with Gasteiger partial charge in [-0.1, -0.05) is 35.4 Å². The molecule has 0 aliphatic rings. The molecule has 0 N–H and O–H groups in total. The molecule has 106 valence electrons. The van der Waals surface area contributed by atoms with Gasteiger partial charge in [-0.2, -0.15) is 0 Å². The third kappa shape index (κ3) is 31.3. The van der Waals surface area contributed by atoms with Crippen molar-refractivity contribution in [2.45, 2.75) is 13.8 Å². The quantitative estimate of drug-likeness (QED) is 0.525. The maximum Gasteiger partial charge on any atom is 0 e. The predicted molar refractivity (Wildman–Crippen MR) is 47.3 cm³/mol. The van der Waals surface area contributed by atoms with Crippen LogP contribution >= 0.6 is 0 Å². The first-order valence-electron chi connectivity index (χ1n) is 3.39. The summed E-state index contributed by atoms with van der Waals surface area (Å²) in [6, 6.07) is 8.48. The number of benzene rings is 1. The van der Waals surface area contributed by atoms with Crippen molar-refractivity contribution in [1.82, 2.24) is 0 Å². The van der Waals surface area contributed by atoms with E-state index in [1.54, 1.807) is 0 Å². The Bertz CT molecular complexity index is 156. The highest BCUT2D eigenvalue weighted by molar-refractivity contribution is 5.19. The fourth-order valence-corrected chi connectivity index (χ4v) is 0.637. The van der Waals surface area contributed by atoms with E-state index in [4.69, 9.17) is 36.6 Å². The molecule has 17 heavy (non-hydrogen) atoms. The largest absolute Gasteiger partial charge is 0.269 e. The van der Waals surface area contributed by atoms with Crippen LogP contribution in [0.15, 0.2) is 24.3 Å². The van der Waals surface area contributed by atoms with Crippen molar-refractivity contribution >= 4 is 0 Å². The van der Waals surface area contributed by atoms with Gasteiger partial charge in [0.1, 0.15) is 0 Å². The number of aryl methyl sites for hydroxylation is 2. The van der Waals surface area contributed by atoms with Crippen LogP contribution in [-0.4, -0.2) is 0 Å². The molecule has 0 nitrogen and oxygen atoms in total. The van der Waals surface area contributed by atoms with Crippen LogP contribution < -0.4 is 0 Å². The third-order valence-corrected chi connectivity index (χ3v) is 1.22. The molecule has 0 unspecified atom stereocenters. The summed E-state index contributed by atoms with van der Waals surface area (Å²) in [7, 11) is 0. The van der Waals surface area contributed by atoms with Crippen LogP contribution in [0, 0.1) is 13.8 Å². The smallest absolute Gasteiger partial charge is 0 e. The van der Waals surface area contributed by atoms with Gasteiger partial charge in [0.2, 0.25) is 0 Å². The Balaban J connectivity index is -0.0000000462. The Morgan fingerprint density at radius 2 is 0.647 bits per heavy atom. The molecule has 0 heterocycles. The molecule has 1 rings (SSSR count). The number of hydrogen-bond donors (Lipinski definition) is 0. The molecule has 0 spiro atoms. The van der Waals surface area contributed by atoms with E-state index in [0.29, 0.717) is 0 Å². The second-order valence-corrected chi connectivity index (χ2v) is 2.15. The van der Waals surface area contributed by atoms with Crippen molar-refractivity contribution in [1.29, 1.82) is 0 Å². The van der Waals surface area contributed by atoms with Crippen LogP contribution in [0.25, 0.3) is 0 Å². The standard InChI is InChI=1S/C8H10.4F2.FH/c1-7-3-5-8(2)6-4-7;4*1-2;/h3-6H,1-2H3;;;;;1H. The van der Waals surface area contributed by atoms with Gasteiger partial charge in [0.05, 0.1) is 0 Å². The predicted octanol–water partition coefficient (Wildman–Crippen LogP) is 5.82. The highest BCUT2D eigenvalue weighted by atomic mass is 20.0. The zero-order chi connectivity index (χ0) is 14.0. The fraction of sp³-hybridized carbons (Fsp3) is 0.250. The van der Waals surface area contributed by atoms with Gasteiger partial charge in [0.25, 0.3) is 0 Å². The lowest BCUT2D eigenvalue weighted by Gasteiger charge is -1.90. The van der Waals surface area contributed by atoms with Crippen molar-refractivity contribution in [3.8, 4) is 0 Å². The van der Waals surface area contributed by atoms with Gasteiger partial charge in [-0.15, -0.1) is 0 Å². The SMILES string of the molecule is Cc1ccc(C)cc1.F.FF.FF.FF.FF. The highest BCUT2D eigenvalue weighted by Crippen LogP contribution is 1.99. The maximum atomic E-state index is 8.00. The maximum absolute atomic E-state index is 8.00. The molecular weight excluding hydrogens is 267 g/mol. The van der Waals surface area contributed by atoms with Gasteiger partial charge in [-0.05, 0) is 13.8 Å². The van der Waals surface area contributed by atoms with Crippen molar-refractivity contribution in [3.05, 3.63) is 35.4 Å². The summed E-state index contributed by atoms with van der Waals surface area (Å²) in [6.45, 7) is 4.19. The van der Waals surface area contributed by atoms with E-state index >= 15 is 0 Å². The monoisotopic (exact) mass is 278 g/mol. The molecule has 0 aromatic heterocycles. The molecule has 0 amide bonds. The summed E-state index contributed by atoms with van der Waals surface area (Å²) < 4.78 is 64.0. The molecule has 1 aromatic rings. The minimum atomic E-state index is 0. The van der Waals surface area contributed by atoms with Crippen molar-refractivity contribution in [2.24, 2.45) is 0 Å². The second kappa shape index (κ2) is 36.5. The Morgan fingerprint density at radius 3 is 0.765 bits per heavy atom. The van der Waals surface area contributed by atoms with Gasteiger partial charge < -0.3 is 0 Å². The minimum Gasteiger partial charge on any atom is -0.269 e. The van der Waals surface area contributed by atoms with Crippen LogP contribution in [0.5, 0.6) is 0 Å². The van der Waals surface area contributed by atoms with E-state index in [1.807, 2.05) is 0 Å². The van der Waals surface area contributed by atoms with Gasteiger partial charge in [-0.25, -0.2) is 0 Å². The first kappa shape index (κ1) is 29.6. The molecule has 0 saturated carbocycles. The molecule has 0 radical (unpaired) electrons. The average Bonchev–Trinajstić information content (AvgIpc) is 2.42.